The number of aromatic nitrogens is 1. The first kappa shape index (κ1) is 43.7. The largest absolute Gasteiger partial charge is 0.351 e. The van der Waals surface area contributed by atoms with Crippen LogP contribution in [0.5, 0.6) is 0 Å². The van der Waals surface area contributed by atoms with Gasteiger partial charge in [-0.1, -0.05) is 6.07 Å². The highest BCUT2D eigenvalue weighted by Gasteiger charge is 2.45. The lowest BCUT2D eigenvalue weighted by Gasteiger charge is -2.27. The summed E-state index contributed by atoms with van der Waals surface area (Å²) in [6.07, 6.45) is 0.908. The van der Waals surface area contributed by atoms with Crippen molar-refractivity contribution in [1.82, 2.24) is 25.4 Å². The molecule has 4 amide bonds. The Labute approximate surface area is 275 Å². The summed E-state index contributed by atoms with van der Waals surface area (Å²) in [6, 6.07) is 4.09. The van der Waals surface area contributed by atoms with Crippen molar-refractivity contribution in [3.05, 3.63) is 29.6 Å². The lowest BCUT2D eigenvalue weighted by molar-refractivity contribution is -0.129. The van der Waals surface area contributed by atoms with Gasteiger partial charge < -0.3 is 59.6 Å². The second kappa shape index (κ2) is 18.6. The minimum Gasteiger partial charge on any atom is -0.351 e. The van der Waals surface area contributed by atoms with Crippen molar-refractivity contribution >= 4 is 54.0 Å². The number of unbranched alkanes of at least 4 members (excludes halogenated alkanes) is 2. The van der Waals surface area contributed by atoms with Gasteiger partial charge in [-0.15, -0.1) is 0 Å². The molecule has 25 heteroatoms. The molecular formula is C23H41N5O16P4. The number of hydrogen-bond acceptors (Lipinski definition) is 9. The SMILES string of the molecule is CC(=O)N(CCCCNC(=O)c1cccc(C(=O)NCCCCN(CC(P(=O)(O)O)P(=O)(O)O)C(C)=O)n1)CC(P(=O)(O)O)P(=O)(O)O. The molecule has 1 heterocycles. The van der Waals surface area contributed by atoms with Crippen molar-refractivity contribution in [2.24, 2.45) is 0 Å². The Morgan fingerprint density at radius 3 is 1.21 bits per heavy atom. The first-order valence-corrected chi connectivity index (χ1v) is 20.8. The van der Waals surface area contributed by atoms with E-state index in [0.717, 1.165) is 23.6 Å². The Bertz CT molecular complexity index is 1340. The lowest BCUT2D eigenvalue weighted by Crippen LogP contribution is -2.37. The van der Waals surface area contributed by atoms with Gasteiger partial charge in [-0.2, -0.15) is 0 Å². The van der Waals surface area contributed by atoms with Gasteiger partial charge in [0.1, 0.15) is 11.4 Å². The van der Waals surface area contributed by atoms with Crippen LogP contribution in [-0.4, -0.2) is 128 Å². The number of nitrogens with zero attached hydrogens (tertiary/aromatic N) is 3. The number of hydrogen-bond donors (Lipinski definition) is 10. The third-order valence-electron chi connectivity index (χ3n) is 6.71. The average molecular weight is 767 g/mol. The van der Waals surface area contributed by atoms with Crippen LogP contribution in [0.25, 0.3) is 0 Å². The fraction of sp³-hybridized carbons (Fsp3) is 0.609. The Morgan fingerprint density at radius 2 is 0.938 bits per heavy atom. The van der Waals surface area contributed by atoms with E-state index in [9.17, 15) is 76.6 Å². The lowest BCUT2D eigenvalue weighted by atomic mass is 10.2. The van der Waals surface area contributed by atoms with E-state index in [4.69, 9.17) is 0 Å². The molecule has 0 aliphatic rings. The van der Waals surface area contributed by atoms with Crippen LogP contribution in [0.4, 0.5) is 0 Å². The third kappa shape index (κ3) is 15.5. The van der Waals surface area contributed by atoms with Crippen LogP contribution in [0.3, 0.4) is 0 Å². The summed E-state index contributed by atoms with van der Waals surface area (Å²) in [6.45, 7) is 0.303. The molecule has 0 spiro atoms. The van der Waals surface area contributed by atoms with Crippen LogP contribution >= 0.6 is 30.4 Å². The smallest absolute Gasteiger partial charge is 0.342 e. The van der Waals surface area contributed by atoms with Gasteiger partial charge in [-0.05, 0) is 37.8 Å². The first-order chi connectivity index (χ1) is 21.9. The molecule has 0 saturated heterocycles. The highest BCUT2D eigenvalue weighted by Crippen LogP contribution is 2.60. The highest BCUT2D eigenvalue weighted by molar-refractivity contribution is 7.71. The van der Waals surface area contributed by atoms with E-state index in [1.807, 2.05) is 0 Å². The zero-order valence-corrected chi connectivity index (χ0v) is 29.5. The van der Waals surface area contributed by atoms with Crippen LogP contribution < -0.4 is 10.6 Å². The van der Waals surface area contributed by atoms with Crippen LogP contribution in [0, 0.1) is 0 Å². The van der Waals surface area contributed by atoms with E-state index in [1.165, 1.54) is 18.2 Å². The molecule has 0 aromatic carbocycles. The van der Waals surface area contributed by atoms with Gasteiger partial charge in [0.25, 0.3) is 11.8 Å². The zero-order chi connectivity index (χ0) is 37.1. The Balaban J connectivity index is 2.60. The van der Waals surface area contributed by atoms with Crippen LogP contribution in [0.1, 0.15) is 60.5 Å². The van der Waals surface area contributed by atoms with Gasteiger partial charge in [0, 0.05) is 53.1 Å². The van der Waals surface area contributed by atoms with E-state index < -0.39 is 77.9 Å². The minimum absolute atomic E-state index is 0.0590. The average Bonchev–Trinajstić information content (AvgIpc) is 2.92. The van der Waals surface area contributed by atoms with E-state index >= 15 is 0 Å². The van der Waals surface area contributed by atoms with Crippen molar-refractivity contribution in [3.8, 4) is 0 Å². The summed E-state index contributed by atoms with van der Waals surface area (Å²) in [5.74, 6) is -2.63. The molecule has 0 fully saturated rings. The maximum absolute atomic E-state index is 12.5. The summed E-state index contributed by atoms with van der Waals surface area (Å²) in [5, 5.41) is 0.357. The molecule has 10 N–H and O–H groups in total. The summed E-state index contributed by atoms with van der Waals surface area (Å²) in [7, 11) is -20.9. The second-order valence-corrected chi connectivity index (χ2v) is 18.6. The molecule has 0 aliphatic heterocycles. The van der Waals surface area contributed by atoms with Gasteiger partial charge in [-0.25, -0.2) is 4.98 Å². The molecule has 0 saturated carbocycles. The third-order valence-corrected chi connectivity index (χ3v) is 14.1. The fourth-order valence-corrected chi connectivity index (χ4v) is 8.87. The molecule has 1 aromatic heterocycles. The Morgan fingerprint density at radius 1 is 0.625 bits per heavy atom. The van der Waals surface area contributed by atoms with Crippen molar-refractivity contribution in [1.29, 1.82) is 0 Å². The maximum Gasteiger partial charge on any atom is 0.342 e. The number of pyridine rings is 1. The molecule has 274 valence electrons. The van der Waals surface area contributed by atoms with Gasteiger partial charge in [0.05, 0.1) is 0 Å². The number of rotatable bonds is 20. The minimum atomic E-state index is -5.23. The molecular weight excluding hydrogens is 726 g/mol. The molecule has 0 atom stereocenters. The number of carbonyl (C=O) groups excluding carboxylic acids is 4. The van der Waals surface area contributed by atoms with Crippen molar-refractivity contribution in [3.63, 3.8) is 0 Å². The van der Waals surface area contributed by atoms with E-state index in [2.05, 4.69) is 15.6 Å². The summed E-state index contributed by atoms with van der Waals surface area (Å²) in [5.41, 5.74) is -0.221. The fourth-order valence-electron chi connectivity index (χ4n) is 4.09. The molecule has 0 bridgehead atoms. The van der Waals surface area contributed by atoms with Crippen molar-refractivity contribution in [2.75, 3.05) is 39.3 Å². The van der Waals surface area contributed by atoms with Gasteiger partial charge in [0.2, 0.25) is 11.8 Å². The zero-order valence-electron chi connectivity index (χ0n) is 25.9. The summed E-state index contributed by atoms with van der Waals surface area (Å²) < 4.78 is 46.1. The number of amides is 4. The topological polar surface area (TPSA) is 342 Å². The molecule has 0 radical (unpaired) electrons. The predicted octanol–water partition coefficient (Wildman–Crippen LogP) is -0.838. The van der Waals surface area contributed by atoms with Crippen molar-refractivity contribution in [2.45, 2.75) is 50.3 Å². The molecule has 0 aliphatic carbocycles. The quantitative estimate of drug-likeness (QED) is 0.0571. The number of nitrogens with one attached hydrogen (secondary N) is 2. The standard InChI is InChI=1S/C23H41N5O16P4/c1-16(29)27(14-20(45(33,34)35)46(36,37)38)12-5-3-10-24-22(31)18-8-7-9-19(26-18)23(32)25-11-4-6-13-28(17(2)30)15-21(47(39,40)41)48(42,43)44/h7-9,20-21H,3-6,10-15H2,1-2H3,(H,24,31)(H,25,32)(H2,33,34,35)(H2,36,37,38)(H2,39,40,41)(H2,42,43,44). The van der Waals surface area contributed by atoms with Crippen LogP contribution in [0.15, 0.2) is 18.2 Å². The Kier molecular flexibility index (Phi) is 16.9. The predicted molar refractivity (Wildman–Crippen MR) is 168 cm³/mol. The molecule has 21 nitrogen and oxygen atoms in total. The normalized spacial score (nSPS) is 12.6. The number of carbonyl (C=O) groups is 4. The summed E-state index contributed by atoms with van der Waals surface area (Å²) >= 11 is 0. The van der Waals surface area contributed by atoms with Gasteiger partial charge in [0.15, 0.2) is 10.8 Å². The highest BCUT2D eigenvalue weighted by atomic mass is 31.2. The molecule has 48 heavy (non-hydrogen) atoms. The second-order valence-electron chi connectivity index (χ2n) is 10.6. The van der Waals surface area contributed by atoms with Crippen LogP contribution in [-0.2, 0) is 27.8 Å². The van der Waals surface area contributed by atoms with E-state index in [-0.39, 0.29) is 63.3 Å². The first-order valence-electron chi connectivity index (χ1n) is 14.1. The monoisotopic (exact) mass is 767 g/mol. The maximum atomic E-state index is 12.5. The van der Waals surface area contributed by atoms with E-state index in [0.29, 0.717) is 0 Å². The molecule has 0 unspecified atom stereocenters. The van der Waals surface area contributed by atoms with Crippen molar-refractivity contribution < 1.29 is 76.6 Å². The van der Waals surface area contributed by atoms with Crippen LogP contribution in [0.2, 0.25) is 0 Å². The van der Waals surface area contributed by atoms with Gasteiger partial charge in [-0.3, -0.25) is 37.4 Å². The molecule has 1 aromatic rings. The molecule has 1 rings (SSSR count). The van der Waals surface area contributed by atoms with E-state index in [1.54, 1.807) is 0 Å². The van der Waals surface area contributed by atoms with Gasteiger partial charge >= 0.3 is 30.4 Å². The Hall–Kier alpha value is -2.37. The summed E-state index contributed by atoms with van der Waals surface area (Å²) in [4.78, 5) is 129.